The van der Waals surface area contributed by atoms with Crippen molar-refractivity contribution in [2.75, 3.05) is 0 Å². The molecule has 65 heavy (non-hydrogen) atoms. The Kier molecular flexibility index (Phi) is 9.35. The Morgan fingerprint density at radius 3 is 1.82 bits per heavy atom. The van der Waals surface area contributed by atoms with Crippen LogP contribution in [0.5, 0.6) is 0 Å². The molecule has 0 unspecified atom stereocenters. The lowest BCUT2D eigenvalue weighted by atomic mass is 9.99. The average molecular weight is 832 g/mol. The van der Waals surface area contributed by atoms with Crippen LogP contribution in [0.4, 0.5) is 0 Å². The molecule has 0 amide bonds. The van der Waals surface area contributed by atoms with E-state index in [1.54, 1.807) is 0 Å². The molecule has 0 fully saturated rings. The predicted octanol–water partition coefficient (Wildman–Crippen LogP) is 16.7. The molecule has 12 aromatic rings. The maximum atomic E-state index is 5.54. The molecule has 0 spiro atoms. The molecule has 0 saturated heterocycles. The second-order valence-corrected chi connectivity index (χ2v) is 17.0. The van der Waals surface area contributed by atoms with Crippen molar-refractivity contribution in [2.24, 2.45) is 4.99 Å². The zero-order valence-electron chi connectivity index (χ0n) is 36.4. The largest absolute Gasteiger partial charge is 0.309 e. The maximum Gasteiger partial charge on any atom is 0.0711 e. The normalized spacial score (nSPS) is 12.8. The monoisotopic (exact) mass is 831 g/mol. The molecule has 2 heterocycles. The summed E-state index contributed by atoms with van der Waals surface area (Å²) in [5.74, 6) is 0. The minimum absolute atomic E-state index is 0.920. The standard InChI is InChI=1S/C62H45N3/c1-3-18-46(42-19-6-4-7-20-42)37-57(45-23-8-5-9-24-45)63-41(2)54-38-50(36-48-26-13-14-27-51(48)54)65-58-30-17-16-29-53(58)55-39-56-61(40-60(55)65)64(49-33-31-43-21-10-11-25-47(43)35-49)59-34-32-44-22-12-15-28-52(44)62(56)59/h4-40H,3H2,1-2H3/b46-18-,57-37-,63-41?. The van der Waals surface area contributed by atoms with Crippen LogP contribution in [0.25, 0.3) is 98.6 Å². The Morgan fingerprint density at radius 2 is 1.03 bits per heavy atom. The van der Waals surface area contributed by atoms with Crippen LogP contribution in [0.1, 0.15) is 37.0 Å². The van der Waals surface area contributed by atoms with Gasteiger partial charge in [-0.3, -0.25) is 4.99 Å². The molecule has 3 nitrogen and oxygen atoms in total. The summed E-state index contributed by atoms with van der Waals surface area (Å²) in [6.45, 7) is 4.35. The highest BCUT2D eigenvalue weighted by Crippen LogP contribution is 2.43. The molecule has 0 saturated carbocycles. The van der Waals surface area contributed by atoms with E-state index in [0.717, 1.165) is 51.4 Å². The fraction of sp³-hybridized carbons (Fsp3) is 0.0484. The molecule has 0 aliphatic carbocycles. The van der Waals surface area contributed by atoms with Crippen LogP contribution >= 0.6 is 0 Å². The summed E-state index contributed by atoms with van der Waals surface area (Å²) in [5, 5.41) is 12.3. The molecule has 0 aliphatic heterocycles. The van der Waals surface area contributed by atoms with Gasteiger partial charge >= 0.3 is 0 Å². The Balaban J connectivity index is 1.12. The molecule has 308 valence electrons. The molecule has 2 aromatic heterocycles. The summed E-state index contributed by atoms with van der Waals surface area (Å²) >= 11 is 0. The number of rotatable bonds is 8. The van der Waals surface area contributed by atoms with Gasteiger partial charge in [-0.1, -0.05) is 177 Å². The van der Waals surface area contributed by atoms with E-state index >= 15 is 0 Å². The van der Waals surface area contributed by atoms with Crippen LogP contribution in [-0.2, 0) is 0 Å². The zero-order valence-corrected chi connectivity index (χ0v) is 36.4. The van der Waals surface area contributed by atoms with Crippen molar-refractivity contribution in [3.8, 4) is 11.4 Å². The Morgan fingerprint density at radius 1 is 0.431 bits per heavy atom. The third-order valence-corrected chi connectivity index (χ3v) is 13.1. The van der Waals surface area contributed by atoms with Gasteiger partial charge in [0.1, 0.15) is 0 Å². The first-order chi connectivity index (χ1) is 32.1. The van der Waals surface area contributed by atoms with Gasteiger partial charge in [-0.2, -0.15) is 0 Å². The second-order valence-electron chi connectivity index (χ2n) is 17.0. The maximum absolute atomic E-state index is 5.54. The molecule has 0 aliphatic rings. The van der Waals surface area contributed by atoms with Crippen LogP contribution in [0.2, 0.25) is 0 Å². The summed E-state index contributed by atoms with van der Waals surface area (Å²) < 4.78 is 4.95. The number of nitrogens with zero attached hydrogens (tertiary/aromatic N) is 3. The molecule has 10 aromatic carbocycles. The van der Waals surface area contributed by atoms with Crippen molar-refractivity contribution in [3.63, 3.8) is 0 Å². The number of fused-ring (bicyclic) bond motifs is 10. The smallest absolute Gasteiger partial charge is 0.0711 e. The van der Waals surface area contributed by atoms with E-state index in [1.807, 2.05) is 0 Å². The van der Waals surface area contributed by atoms with Gasteiger partial charge in [0.05, 0.1) is 27.8 Å². The fourth-order valence-electron chi connectivity index (χ4n) is 10.1. The minimum Gasteiger partial charge on any atom is -0.309 e. The van der Waals surface area contributed by atoms with E-state index in [1.165, 1.54) is 76.0 Å². The van der Waals surface area contributed by atoms with E-state index in [2.05, 4.69) is 247 Å². The SMILES string of the molecule is CC/C=C(/C=C(\N=C(C)c1cc(-n2c3ccccc3c3cc4c5c6ccccc6ccc5n(-c5ccc6ccccc6c5)c4cc32)cc2ccccc12)c1ccccc1)c1ccccc1. The van der Waals surface area contributed by atoms with E-state index in [9.17, 15) is 0 Å². The average Bonchev–Trinajstić information content (AvgIpc) is 3.87. The van der Waals surface area contributed by atoms with Gasteiger partial charge in [-0.05, 0) is 111 Å². The fourth-order valence-corrected chi connectivity index (χ4v) is 10.1. The van der Waals surface area contributed by atoms with Crippen molar-refractivity contribution in [3.05, 3.63) is 241 Å². The lowest BCUT2D eigenvalue weighted by Crippen LogP contribution is -2.02. The highest BCUT2D eigenvalue weighted by molar-refractivity contribution is 6.25. The van der Waals surface area contributed by atoms with Crippen molar-refractivity contribution in [2.45, 2.75) is 20.3 Å². The quantitative estimate of drug-likeness (QED) is 0.108. The van der Waals surface area contributed by atoms with E-state index in [-0.39, 0.29) is 0 Å². The predicted molar refractivity (Wildman–Crippen MR) is 279 cm³/mol. The molecule has 12 rings (SSSR count). The highest BCUT2D eigenvalue weighted by Gasteiger charge is 2.21. The van der Waals surface area contributed by atoms with Crippen LogP contribution in [0.15, 0.2) is 229 Å². The van der Waals surface area contributed by atoms with Crippen molar-refractivity contribution < 1.29 is 0 Å². The summed E-state index contributed by atoms with van der Waals surface area (Å²) in [6, 6.07) is 77.3. The number of allylic oxidation sites excluding steroid dienone is 3. The number of hydrogen-bond acceptors (Lipinski definition) is 1. The van der Waals surface area contributed by atoms with Crippen molar-refractivity contribution in [1.29, 1.82) is 0 Å². The van der Waals surface area contributed by atoms with Crippen LogP contribution < -0.4 is 0 Å². The second kappa shape index (κ2) is 15.8. The number of aromatic nitrogens is 2. The van der Waals surface area contributed by atoms with Crippen molar-refractivity contribution in [1.82, 2.24) is 9.13 Å². The first kappa shape index (κ1) is 38.4. The van der Waals surface area contributed by atoms with Gasteiger partial charge in [-0.25, -0.2) is 0 Å². The lowest BCUT2D eigenvalue weighted by Gasteiger charge is -2.15. The molecular weight excluding hydrogens is 787 g/mol. The number of hydrogen-bond donors (Lipinski definition) is 0. The van der Waals surface area contributed by atoms with Crippen LogP contribution in [0, 0.1) is 0 Å². The van der Waals surface area contributed by atoms with E-state index < -0.39 is 0 Å². The summed E-state index contributed by atoms with van der Waals surface area (Å²) in [7, 11) is 0. The first-order valence-electron chi connectivity index (χ1n) is 22.6. The third-order valence-electron chi connectivity index (χ3n) is 13.1. The Hall–Kier alpha value is -8.27. The number of benzene rings is 10. The number of para-hydroxylation sites is 1. The van der Waals surface area contributed by atoms with Gasteiger partial charge in [0.15, 0.2) is 0 Å². The molecule has 0 radical (unpaired) electrons. The van der Waals surface area contributed by atoms with Gasteiger partial charge < -0.3 is 9.13 Å². The number of aliphatic imine (C=N–C) groups is 1. The van der Waals surface area contributed by atoms with Gasteiger partial charge in [0, 0.05) is 49.8 Å². The van der Waals surface area contributed by atoms with Gasteiger partial charge in [0.2, 0.25) is 0 Å². The molecule has 0 N–H and O–H groups in total. The summed E-state index contributed by atoms with van der Waals surface area (Å²) in [6.07, 6.45) is 5.46. The first-order valence-corrected chi connectivity index (χ1v) is 22.6. The molecular formula is C62H45N3. The highest BCUT2D eigenvalue weighted by atomic mass is 15.0. The topological polar surface area (TPSA) is 22.2 Å². The van der Waals surface area contributed by atoms with Crippen LogP contribution in [0.3, 0.4) is 0 Å². The molecule has 0 atom stereocenters. The Bertz CT molecular complexity index is 3920. The summed E-state index contributed by atoms with van der Waals surface area (Å²) in [5.41, 5.74) is 13.3. The third kappa shape index (κ3) is 6.55. The minimum atomic E-state index is 0.920. The Labute approximate surface area is 378 Å². The van der Waals surface area contributed by atoms with Crippen molar-refractivity contribution >= 4 is 92.9 Å². The summed E-state index contributed by atoms with van der Waals surface area (Å²) in [4.78, 5) is 5.54. The van der Waals surface area contributed by atoms with E-state index in [4.69, 9.17) is 4.99 Å². The van der Waals surface area contributed by atoms with Gasteiger partial charge in [0.25, 0.3) is 0 Å². The lowest BCUT2D eigenvalue weighted by molar-refractivity contribution is 1.17. The van der Waals surface area contributed by atoms with Crippen LogP contribution in [-0.4, -0.2) is 14.8 Å². The molecule has 3 heteroatoms. The molecule has 0 bridgehead atoms. The van der Waals surface area contributed by atoms with Gasteiger partial charge in [-0.15, -0.1) is 0 Å². The van der Waals surface area contributed by atoms with E-state index in [0.29, 0.717) is 0 Å². The zero-order chi connectivity index (χ0) is 43.4.